The van der Waals surface area contributed by atoms with Crippen LogP contribution in [0.1, 0.15) is 16.1 Å². The maximum absolute atomic E-state index is 12.0. The maximum atomic E-state index is 12.0. The summed E-state index contributed by atoms with van der Waals surface area (Å²) < 4.78 is 4.79. The number of ether oxygens (including phenoxy) is 1. The number of carbonyl (C=O) groups excluding carboxylic acids is 1. The van der Waals surface area contributed by atoms with Crippen molar-refractivity contribution in [1.29, 1.82) is 0 Å². The Hall–Kier alpha value is -2.66. The Morgan fingerprint density at radius 1 is 1.09 bits per heavy atom. The monoisotopic (exact) mass is 327 g/mol. The van der Waals surface area contributed by atoms with Crippen molar-refractivity contribution >= 4 is 34.4 Å². The molecule has 5 nitrogen and oxygen atoms in total. The number of benzene rings is 2. The van der Waals surface area contributed by atoms with Crippen LogP contribution in [-0.2, 0) is 11.3 Å². The second kappa shape index (κ2) is 6.62. The van der Waals surface area contributed by atoms with Gasteiger partial charge in [-0.1, -0.05) is 41.9 Å². The molecule has 116 valence electrons. The van der Waals surface area contributed by atoms with E-state index in [1.807, 2.05) is 42.5 Å². The third-order valence-corrected chi connectivity index (χ3v) is 3.72. The van der Waals surface area contributed by atoms with Gasteiger partial charge in [0.1, 0.15) is 0 Å². The first-order chi connectivity index (χ1) is 11.2. The summed E-state index contributed by atoms with van der Waals surface area (Å²) in [5.74, 6) is -0.166. The Balaban J connectivity index is 1.97. The molecular weight excluding hydrogens is 314 g/mol. The van der Waals surface area contributed by atoms with Crippen LogP contribution < -0.4 is 5.32 Å². The number of hydrogen-bond donors (Lipinski definition) is 1. The molecule has 1 N–H and O–H groups in total. The highest BCUT2D eigenvalue weighted by molar-refractivity contribution is 6.31. The van der Waals surface area contributed by atoms with Crippen molar-refractivity contribution < 1.29 is 9.53 Å². The number of carbonyl (C=O) groups is 1. The van der Waals surface area contributed by atoms with Gasteiger partial charge in [-0.3, -0.25) is 0 Å². The first kappa shape index (κ1) is 15.2. The Morgan fingerprint density at radius 3 is 2.43 bits per heavy atom. The smallest absolute Gasteiger partial charge is 0.360 e. The number of nitrogens with zero attached hydrogens (tertiary/aromatic N) is 2. The molecule has 2 aromatic carbocycles. The van der Waals surface area contributed by atoms with Crippen molar-refractivity contribution in [2.75, 3.05) is 12.4 Å². The van der Waals surface area contributed by atoms with Gasteiger partial charge in [-0.05, 0) is 23.8 Å². The fourth-order valence-electron chi connectivity index (χ4n) is 2.18. The highest BCUT2D eigenvalue weighted by Crippen LogP contribution is 2.20. The maximum Gasteiger partial charge on any atom is 0.360 e. The molecule has 0 saturated carbocycles. The van der Waals surface area contributed by atoms with E-state index >= 15 is 0 Å². The molecule has 0 amide bonds. The Morgan fingerprint density at radius 2 is 1.74 bits per heavy atom. The zero-order valence-electron chi connectivity index (χ0n) is 12.4. The average Bonchev–Trinajstić information content (AvgIpc) is 2.59. The molecule has 0 aliphatic carbocycles. The number of aromatic nitrogens is 2. The zero-order valence-corrected chi connectivity index (χ0v) is 13.2. The van der Waals surface area contributed by atoms with Crippen LogP contribution in [0.3, 0.4) is 0 Å². The van der Waals surface area contributed by atoms with Crippen molar-refractivity contribution in [3.05, 3.63) is 64.8 Å². The highest BCUT2D eigenvalue weighted by atomic mass is 35.5. The molecule has 0 bridgehead atoms. The summed E-state index contributed by atoms with van der Waals surface area (Å²) >= 11 is 6.15. The molecular formula is C17H14ClN3O2. The Labute approximate surface area is 138 Å². The van der Waals surface area contributed by atoms with Gasteiger partial charge in [0.25, 0.3) is 0 Å². The molecule has 0 atom stereocenters. The van der Waals surface area contributed by atoms with Crippen LogP contribution in [0.4, 0.5) is 5.82 Å². The molecule has 6 heteroatoms. The number of anilines is 1. The summed E-state index contributed by atoms with van der Waals surface area (Å²) in [4.78, 5) is 20.8. The minimum absolute atomic E-state index is 0.151. The summed E-state index contributed by atoms with van der Waals surface area (Å²) in [6.45, 7) is 0.427. The number of para-hydroxylation sites is 2. The normalized spacial score (nSPS) is 10.5. The first-order valence-electron chi connectivity index (χ1n) is 7.01. The van der Waals surface area contributed by atoms with Crippen molar-refractivity contribution in [3.8, 4) is 0 Å². The summed E-state index contributed by atoms with van der Waals surface area (Å²) in [5, 5.41) is 3.77. The molecule has 3 rings (SSSR count). The van der Waals surface area contributed by atoms with E-state index in [0.29, 0.717) is 28.4 Å². The third-order valence-electron chi connectivity index (χ3n) is 3.35. The minimum Gasteiger partial charge on any atom is -0.464 e. The van der Waals surface area contributed by atoms with E-state index in [1.54, 1.807) is 6.07 Å². The number of methoxy groups -OCH3 is 1. The zero-order chi connectivity index (χ0) is 16.2. The Bertz CT molecular complexity index is 867. The number of halogens is 1. The third kappa shape index (κ3) is 3.24. The predicted octanol–water partition coefficient (Wildman–Crippen LogP) is 3.68. The topological polar surface area (TPSA) is 64.1 Å². The van der Waals surface area contributed by atoms with Crippen molar-refractivity contribution in [1.82, 2.24) is 9.97 Å². The number of fused-ring (bicyclic) bond motifs is 1. The van der Waals surface area contributed by atoms with E-state index in [4.69, 9.17) is 16.3 Å². The number of nitrogens with one attached hydrogen (secondary N) is 1. The molecule has 23 heavy (non-hydrogen) atoms. The van der Waals surface area contributed by atoms with Crippen LogP contribution in [0, 0.1) is 0 Å². The van der Waals surface area contributed by atoms with Gasteiger partial charge in [0.2, 0.25) is 0 Å². The lowest BCUT2D eigenvalue weighted by Gasteiger charge is -2.11. The Kier molecular flexibility index (Phi) is 4.39. The van der Waals surface area contributed by atoms with Gasteiger partial charge >= 0.3 is 5.97 Å². The fourth-order valence-corrected chi connectivity index (χ4v) is 2.39. The predicted molar refractivity (Wildman–Crippen MR) is 89.7 cm³/mol. The van der Waals surface area contributed by atoms with Crippen molar-refractivity contribution in [2.45, 2.75) is 6.54 Å². The minimum atomic E-state index is -0.537. The average molecular weight is 328 g/mol. The van der Waals surface area contributed by atoms with Crippen molar-refractivity contribution in [2.24, 2.45) is 0 Å². The van der Waals surface area contributed by atoms with E-state index in [9.17, 15) is 4.79 Å². The summed E-state index contributed by atoms with van der Waals surface area (Å²) in [5.41, 5.74) is 2.39. The summed E-state index contributed by atoms with van der Waals surface area (Å²) in [6.07, 6.45) is 0. The van der Waals surface area contributed by atoms with Gasteiger partial charge in [-0.15, -0.1) is 0 Å². The van der Waals surface area contributed by atoms with Crippen LogP contribution >= 0.6 is 11.6 Å². The number of esters is 1. The molecule has 0 unspecified atom stereocenters. The van der Waals surface area contributed by atoms with Crippen LogP contribution in [0.5, 0.6) is 0 Å². The van der Waals surface area contributed by atoms with E-state index < -0.39 is 5.97 Å². The lowest BCUT2D eigenvalue weighted by atomic mass is 10.2. The van der Waals surface area contributed by atoms with E-state index in [0.717, 1.165) is 5.56 Å². The van der Waals surface area contributed by atoms with Gasteiger partial charge in [-0.25, -0.2) is 14.8 Å². The molecule has 0 aliphatic rings. The molecule has 1 aromatic heterocycles. The van der Waals surface area contributed by atoms with E-state index in [-0.39, 0.29) is 5.69 Å². The van der Waals surface area contributed by atoms with Gasteiger partial charge in [0, 0.05) is 11.6 Å². The molecule has 0 saturated heterocycles. The molecule has 0 spiro atoms. The van der Waals surface area contributed by atoms with Crippen LogP contribution in [0.25, 0.3) is 11.0 Å². The van der Waals surface area contributed by atoms with E-state index in [1.165, 1.54) is 7.11 Å². The standard InChI is InChI=1S/C17H14ClN3O2/c1-23-17(22)15-16(19-10-11-6-2-3-7-12(11)18)21-14-9-5-4-8-13(14)20-15/h2-9H,10H2,1H3,(H,19,21). The lowest BCUT2D eigenvalue weighted by molar-refractivity contribution is 0.0595. The summed E-state index contributed by atoms with van der Waals surface area (Å²) in [7, 11) is 1.32. The quantitative estimate of drug-likeness (QED) is 0.740. The van der Waals surface area contributed by atoms with Gasteiger partial charge < -0.3 is 10.1 Å². The second-order valence-corrected chi connectivity index (χ2v) is 5.25. The SMILES string of the molecule is COC(=O)c1nc2ccccc2nc1NCc1ccccc1Cl. The van der Waals surface area contributed by atoms with E-state index in [2.05, 4.69) is 15.3 Å². The van der Waals surface area contributed by atoms with Gasteiger partial charge in [0.05, 0.1) is 18.1 Å². The van der Waals surface area contributed by atoms with Gasteiger partial charge in [0.15, 0.2) is 11.5 Å². The molecule has 1 heterocycles. The van der Waals surface area contributed by atoms with Crippen LogP contribution in [-0.4, -0.2) is 23.0 Å². The first-order valence-corrected chi connectivity index (χ1v) is 7.39. The molecule has 3 aromatic rings. The van der Waals surface area contributed by atoms with Crippen LogP contribution in [0.15, 0.2) is 48.5 Å². The number of hydrogen-bond acceptors (Lipinski definition) is 5. The largest absolute Gasteiger partial charge is 0.464 e. The second-order valence-electron chi connectivity index (χ2n) is 4.85. The number of rotatable bonds is 4. The van der Waals surface area contributed by atoms with Crippen molar-refractivity contribution in [3.63, 3.8) is 0 Å². The fraction of sp³-hybridized carbons (Fsp3) is 0.118. The van der Waals surface area contributed by atoms with Gasteiger partial charge in [-0.2, -0.15) is 0 Å². The molecule has 0 aliphatic heterocycles. The molecule has 0 radical (unpaired) electrons. The summed E-state index contributed by atoms with van der Waals surface area (Å²) in [6, 6.07) is 14.8. The van der Waals surface area contributed by atoms with Crippen LogP contribution in [0.2, 0.25) is 5.02 Å². The lowest BCUT2D eigenvalue weighted by Crippen LogP contribution is -2.12. The molecule has 0 fully saturated rings. The highest BCUT2D eigenvalue weighted by Gasteiger charge is 2.17.